The average Bonchev–Trinajstić information content (AvgIpc) is 2.47. The largest absolute Gasteiger partial charge is 0.416 e. The SMILES string of the molecule is CCCCNC(=S)N(CCC#N)c1cccc(C(F)(F)F)c1. The van der Waals surface area contributed by atoms with Crippen LogP contribution in [0.5, 0.6) is 0 Å². The third kappa shape index (κ3) is 5.53. The van der Waals surface area contributed by atoms with Gasteiger partial charge in [-0.1, -0.05) is 19.4 Å². The van der Waals surface area contributed by atoms with Crippen molar-refractivity contribution in [1.82, 2.24) is 5.32 Å². The van der Waals surface area contributed by atoms with Crippen LogP contribution in [0.4, 0.5) is 18.9 Å². The van der Waals surface area contributed by atoms with Crippen LogP contribution in [0.1, 0.15) is 31.7 Å². The number of alkyl halides is 3. The van der Waals surface area contributed by atoms with E-state index in [1.54, 1.807) is 6.07 Å². The molecule has 120 valence electrons. The van der Waals surface area contributed by atoms with E-state index in [-0.39, 0.29) is 13.0 Å². The zero-order valence-corrected chi connectivity index (χ0v) is 13.1. The lowest BCUT2D eigenvalue weighted by Crippen LogP contribution is -2.41. The number of anilines is 1. The van der Waals surface area contributed by atoms with Crippen molar-refractivity contribution in [3.05, 3.63) is 29.8 Å². The van der Waals surface area contributed by atoms with E-state index in [1.165, 1.54) is 11.0 Å². The molecule has 1 aromatic carbocycles. The lowest BCUT2D eigenvalue weighted by atomic mass is 10.2. The number of unbranched alkanes of at least 4 members (excludes halogenated alkanes) is 1. The Morgan fingerprint density at radius 1 is 1.41 bits per heavy atom. The van der Waals surface area contributed by atoms with E-state index in [1.807, 2.05) is 13.0 Å². The Kier molecular flexibility index (Phi) is 7.12. The first-order valence-corrected chi connectivity index (χ1v) is 7.40. The van der Waals surface area contributed by atoms with E-state index in [9.17, 15) is 13.2 Å². The maximum Gasteiger partial charge on any atom is 0.416 e. The number of hydrogen-bond acceptors (Lipinski definition) is 2. The molecule has 22 heavy (non-hydrogen) atoms. The van der Waals surface area contributed by atoms with Gasteiger partial charge in [0.2, 0.25) is 0 Å². The summed E-state index contributed by atoms with van der Waals surface area (Å²) in [6.45, 7) is 2.93. The molecule has 0 unspecified atom stereocenters. The molecular formula is C15H18F3N3S. The predicted octanol–water partition coefficient (Wildman–Crippen LogP) is 4.10. The van der Waals surface area contributed by atoms with Crippen LogP contribution in [0.2, 0.25) is 0 Å². The molecule has 0 saturated heterocycles. The van der Waals surface area contributed by atoms with Crippen molar-refractivity contribution in [3.63, 3.8) is 0 Å². The number of benzene rings is 1. The number of thiocarbonyl (C=S) groups is 1. The molecule has 0 heterocycles. The molecule has 3 nitrogen and oxygen atoms in total. The van der Waals surface area contributed by atoms with Crippen LogP contribution in [0.25, 0.3) is 0 Å². The van der Waals surface area contributed by atoms with Crippen molar-refractivity contribution >= 4 is 23.0 Å². The first kappa shape index (κ1) is 18.2. The fourth-order valence-corrected chi connectivity index (χ4v) is 2.13. The minimum Gasteiger partial charge on any atom is -0.362 e. The van der Waals surface area contributed by atoms with Gasteiger partial charge in [-0.2, -0.15) is 18.4 Å². The van der Waals surface area contributed by atoms with Gasteiger partial charge in [0.25, 0.3) is 0 Å². The smallest absolute Gasteiger partial charge is 0.362 e. The highest BCUT2D eigenvalue weighted by atomic mass is 32.1. The number of nitrogens with zero attached hydrogens (tertiary/aromatic N) is 2. The molecule has 0 aliphatic heterocycles. The number of nitrogens with one attached hydrogen (secondary N) is 1. The molecule has 1 rings (SSSR count). The maximum atomic E-state index is 12.8. The number of hydrogen-bond donors (Lipinski definition) is 1. The minimum atomic E-state index is -4.41. The monoisotopic (exact) mass is 329 g/mol. The Bertz CT molecular complexity index is 538. The molecule has 0 atom stereocenters. The third-order valence-electron chi connectivity index (χ3n) is 2.98. The highest BCUT2D eigenvalue weighted by Crippen LogP contribution is 2.31. The number of halogens is 3. The Balaban J connectivity index is 2.96. The molecule has 7 heteroatoms. The second-order valence-electron chi connectivity index (χ2n) is 4.69. The first-order valence-electron chi connectivity index (χ1n) is 6.99. The summed E-state index contributed by atoms with van der Waals surface area (Å²) in [6.07, 6.45) is -2.34. The third-order valence-corrected chi connectivity index (χ3v) is 3.35. The standard InChI is InChI=1S/C15H18F3N3S/c1-2-3-9-20-14(22)21(10-5-8-19)13-7-4-6-12(11-13)15(16,17)18/h4,6-7,11H,2-3,5,9-10H2,1H3,(H,20,22). The fourth-order valence-electron chi connectivity index (χ4n) is 1.83. The maximum absolute atomic E-state index is 12.8. The van der Waals surface area contributed by atoms with Crippen LogP contribution < -0.4 is 10.2 Å². The van der Waals surface area contributed by atoms with Crippen LogP contribution in [0.3, 0.4) is 0 Å². The van der Waals surface area contributed by atoms with Crippen LogP contribution >= 0.6 is 12.2 Å². The normalized spacial score (nSPS) is 10.9. The molecule has 1 N–H and O–H groups in total. The molecule has 0 saturated carbocycles. The summed E-state index contributed by atoms with van der Waals surface area (Å²) < 4.78 is 38.4. The van der Waals surface area contributed by atoms with Crippen molar-refractivity contribution in [2.45, 2.75) is 32.4 Å². The summed E-state index contributed by atoms with van der Waals surface area (Å²) in [4.78, 5) is 1.53. The highest BCUT2D eigenvalue weighted by Gasteiger charge is 2.31. The molecule has 0 aliphatic rings. The molecule has 0 aromatic heterocycles. The van der Waals surface area contributed by atoms with E-state index in [2.05, 4.69) is 5.32 Å². The summed E-state index contributed by atoms with van der Waals surface area (Å²) in [7, 11) is 0. The molecule has 1 aromatic rings. The summed E-state index contributed by atoms with van der Waals surface area (Å²) in [6, 6.07) is 6.94. The summed E-state index contributed by atoms with van der Waals surface area (Å²) in [5.41, 5.74) is -0.401. The Morgan fingerprint density at radius 3 is 2.73 bits per heavy atom. The van der Waals surface area contributed by atoms with Crippen molar-refractivity contribution < 1.29 is 13.2 Å². The minimum absolute atomic E-state index is 0.172. The van der Waals surface area contributed by atoms with E-state index >= 15 is 0 Å². The van der Waals surface area contributed by atoms with Gasteiger partial charge in [0.1, 0.15) is 0 Å². The second-order valence-corrected chi connectivity index (χ2v) is 5.08. The molecule has 0 spiro atoms. The Morgan fingerprint density at radius 2 is 2.14 bits per heavy atom. The summed E-state index contributed by atoms with van der Waals surface area (Å²) in [5, 5.41) is 12.1. The van der Waals surface area contributed by atoms with Crippen LogP contribution in [0, 0.1) is 11.3 Å². The topological polar surface area (TPSA) is 39.1 Å². The van der Waals surface area contributed by atoms with Crippen molar-refractivity contribution in [1.29, 1.82) is 5.26 Å². The van der Waals surface area contributed by atoms with Gasteiger partial charge in [-0.15, -0.1) is 0 Å². The summed E-state index contributed by atoms with van der Waals surface area (Å²) in [5.74, 6) is 0. The van der Waals surface area contributed by atoms with Gasteiger partial charge in [-0.25, -0.2) is 0 Å². The Hall–Kier alpha value is -1.81. The van der Waals surface area contributed by atoms with Gasteiger partial charge in [0, 0.05) is 18.8 Å². The quantitative estimate of drug-likeness (QED) is 0.630. The molecular weight excluding hydrogens is 311 g/mol. The van der Waals surface area contributed by atoms with Crippen LogP contribution in [0.15, 0.2) is 24.3 Å². The molecule has 0 aliphatic carbocycles. The zero-order valence-electron chi connectivity index (χ0n) is 12.3. The highest BCUT2D eigenvalue weighted by molar-refractivity contribution is 7.80. The van der Waals surface area contributed by atoms with Crippen molar-refractivity contribution in [2.75, 3.05) is 18.0 Å². The van der Waals surface area contributed by atoms with Gasteiger partial charge >= 0.3 is 6.18 Å². The number of nitriles is 1. The van der Waals surface area contributed by atoms with Crippen LogP contribution in [-0.2, 0) is 6.18 Å². The van der Waals surface area contributed by atoms with E-state index in [0.717, 1.165) is 25.0 Å². The lowest BCUT2D eigenvalue weighted by molar-refractivity contribution is -0.137. The molecule has 0 bridgehead atoms. The number of rotatable bonds is 6. The first-order chi connectivity index (χ1) is 10.4. The second kappa shape index (κ2) is 8.59. The van der Waals surface area contributed by atoms with Gasteiger partial charge in [0.05, 0.1) is 18.1 Å². The van der Waals surface area contributed by atoms with E-state index in [4.69, 9.17) is 17.5 Å². The van der Waals surface area contributed by atoms with Crippen molar-refractivity contribution in [2.24, 2.45) is 0 Å². The van der Waals surface area contributed by atoms with Crippen LogP contribution in [-0.4, -0.2) is 18.2 Å². The zero-order chi connectivity index (χ0) is 16.6. The summed E-state index contributed by atoms with van der Waals surface area (Å²) >= 11 is 5.25. The van der Waals surface area contributed by atoms with E-state index < -0.39 is 11.7 Å². The van der Waals surface area contributed by atoms with Gasteiger partial charge in [-0.3, -0.25) is 0 Å². The van der Waals surface area contributed by atoms with Gasteiger partial charge in [0.15, 0.2) is 5.11 Å². The predicted molar refractivity (Wildman–Crippen MR) is 84.5 cm³/mol. The average molecular weight is 329 g/mol. The lowest BCUT2D eigenvalue weighted by Gasteiger charge is -2.26. The molecule has 0 radical (unpaired) electrons. The van der Waals surface area contributed by atoms with E-state index in [0.29, 0.717) is 17.3 Å². The van der Waals surface area contributed by atoms with Crippen molar-refractivity contribution in [3.8, 4) is 6.07 Å². The van der Waals surface area contributed by atoms with Gasteiger partial charge < -0.3 is 10.2 Å². The Labute approximate surface area is 133 Å². The molecule has 0 amide bonds. The molecule has 0 fully saturated rings. The fraction of sp³-hybridized carbons (Fsp3) is 0.467. The van der Waals surface area contributed by atoms with Gasteiger partial charge in [-0.05, 0) is 36.8 Å².